The number of likely N-dealkylation sites (tertiary alicyclic amines) is 1. The predicted octanol–water partition coefficient (Wildman–Crippen LogP) is 2.65. The van der Waals surface area contributed by atoms with Gasteiger partial charge in [-0.1, -0.05) is 30.3 Å². The number of H-pyrrole nitrogens is 1. The summed E-state index contributed by atoms with van der Waals surface area (Å²) in [5.74, 6) is 0.00566. The number of carbonyl (C=O) groups excluding carboxylic acids is 2. The third-order valence-corrected chi connectivity index (χ3v) is 5.61. The number of nitrogens with one attached hydrogen (secondary N) is 2. The van der Waals surface area contributed by atoms with Crippen LogP contribution in [0.4, 0.5) is 5.69 Å². The van der Waals surface area contributed by atoms with Gasteiger partial charge < -0.3 is 15.1 Å². The van der Waals surface area contributed by atoms with Gasteiger partial charge in [0.2, 0.25) is 5.91 Å². The Labute approximate surface area is 175 Å². The Morgan fingerprint density at radius 2 is 1.93 bits per heavy atom. The van der Waals surface area contributed by atoms with Crippen LogP contribution in [0.1, 0.15) is 35.7 Å². The van der Waals surface area contributed by atoms with E-state index in [-0.39, 0.29) is 17.9 Å². The molecule has 8 nitrogen and oxygen atoms in total. The number of rotatable bonds is 5. The minimum atomic E-state index is -0.0990. The number of nitrogens with zero attached hydrogens (tertiary/aromatic N) is 4. The first-order chi connectivity index (χ1) is 14.5. The van der Waals surface area contributed by atoms with Gasteiger partial charge >= 0.3 is 0 Å². The van der Waals surface area contributed by atoms with Crippen LogP contribution in [0.25, 0.3) is 11.0 Å². The quantitative estimate of drug-likeness (QED) is 0.679. The topological polar surface area (TPSA) is 94.2 Å². The molecule has 8 heteroatoms. The molecule has 1 saturated heterocycles. The highest BCUT2D eigenvalue weighted by atomic mass is 16.2. The maximum absolute atomic E-state index is 13.3. The van der Waals surface area contributed by atoms with Gasteiger partial charge in [-0.05, 0) is 18.4 Å². The van der Waals surface area contributed by atoms with Crippen molar-refractivity contribution in [1.82, 2.24) is 25.0 Å². The zero-order valence-corrected chi connectivity index (χ0v) is 17.3. The third-order valence-electron chi connectivity index (χ3n) is 5.61. The third kappa shape index (κ3) is 4.12. The monoisotopic (exact) mass is 406 g/mol. The highest BCUT2D eigenvalue weighted by Gasteiger charge is 2.25. The zero-order chi connectivity index (χ0) is 21.1. The molecular formula is C22H26N6O2. The van der Waals surface area contributed by atoms with Crippen molar-refractivity contribution in [3.8, 4) is 0 Å². The fourth-order valence-electron chi connectivity index (χ4n) is 3.89. The average molecular weight is 406 g/mol. The number of aromatic amines is 1. The SMILES string of the molecule is CC(=O)N1CCC(Nc2c(C(=O)N(C)Cc3ccccc3)cnc3[nH]ncc23)CC1. The van der Waals surface area contributed by atoms with E-state index in [9.17, 15) is 9.59 Å². The Balaban J connectivity index is 1.57. The first kappa shape index (κ1) is 19.9. The van der Waals surface area contributed by atoms with E-state index >= 15 is 0 Å². The molecule has 0 unspecified atom stereocenters. The molecule has 2 aromatic heterocycles. The van der Waals surface area contributed by atoms with E-state index in [1.54, 1.807) is 31.3 Å². The van der Waals surface area contributed by atoms with Crippen molar-refractivity contribution < 1.29 is 9.59 Å². The summed E-state index contributed by atoms with van der Waals surface area (Å²) in [6.07, 6.45) is 4.96. The van der Waals surface area contributed by atoms with Crippen molar-refractivity contribution >= 4 is 28.5 Å². The number of anilines is 1. The number of piperidine rings is 1. The van der Waals surface area contributed by atoms with Crippen LogP contribution in [0.3, 0.4) is 0 Å². The Hall–Kier alpha value is -3.42. The highest BCUT2D eigenvalue weighted by Crippen LogP contribution is 2.28. The predicted molar refractivity (Wildman–Crippen MR) is 115 cm³/mol. The molecule has 0 saturated carbocycles. The fraction of sp³-hybridized carbons (Fsp3) is 0.364. The number of hydrogen-bond acceptors (Lipinski definition) is 5. The minimum Gasteiger partial charge on any atom is -0.381 e. The van der Waals surface area contributed by atoms with Crippen molar-refractivity contribution in [3.05, 3.63) is 53.9 Å². The Morgan fingerprint density at radius 1 is 1.20 bits per heavy atom. The molecule has 2 amide bonds. The fourth-order valence-corrected chi connectivity index (χ4v) is 3.89. The molecule has 1 aliphatic rings. The maximum atomic E-state index is 13.3. The van der Waals surface area contributed by atoms with Crippen molar-refractivity contribution in [3.63, 3.8) is 0 Å². The van der Waals surface area contributed by atoms with Crippen molar-refractivity contribution in [1.29, 1.82) is 0 Å². The van der Waals surface area contributed by atoms with E-state index in [1.165, 1.54) is 0 Å². The van der Waals surface area contributed by atoms with Gasteiger partial charge in [-0.2, -0.15) is 5.10 Å². The number of benzene rings is 1. The van der Waals surface area contributed by atoms with Crippen molar-refractivity contribution in [2.75, 3.05) is 25.5 Å². The molecule has 0 atom stereocenters. The molecular weight excluding hydrogens is 380 g/mol. The lowest BCUT2D eigenvalue weighted by Gasteiger charge is -2.32. The largest absolute Gasteiger partial charge is 0.381 e. The molecule has 1 aliphatic heterocycles. The molecule has 156 valence electrons. The number of amides is 2. The summed E-state index contributed by atoms with van der Waals surface area (Å²) >= 11 is 0. The van der Waals surface area contributed by atoms with Gasteiger partial charge in [-0.15, -0.1) is 0 Å². The molecule has 4 rings (SSSR count). The van der Waals surface area contributed by atoms with Crippen LogP contribution in [-0.4, -0.2) is 63.0 Å². The molecule has 2 N–H and O–H groups in total. The molecule has 0 radical (unpaired) electrons. The van der Waals surface area contributed by atoms with Crippen LogP contribution >= 0.6 is 0 Å². The van der Waals surface area contributed by atoms with Crippen LogP contribution in [0.15, 0.2) is 42.7 Å². The van der Waals surface area contributed by atoms with E-state index in [1.807, 2.05) is 35.2 Å². The number of fused-ring (bicyclic) bond motifs is 1. The van der Waals surface area contributed by atoms with Gasteiger partial charge in [-0.3, -0.25) is 14.7 Å². The van der Waals surface area contributed by atoms with Gasteiger partial charge in [0, 0.05) is 45.8 Å². The molecule has 0 spiro atoms. The van der Waals surface area contributed by atoms with E-state index in [4.69, 9.17) is 0 Å². The van der Waals surface area contributed by atoms with Crippen LogP contribution in [0.2, 0.25) is 0 Å². The molecule has 30 heavy (non-hydrogen) atoms. The van der Waals surface area contributed by atoms with Gasteiger partial charge in [0.15, 0.2) is 5.65 Å². The van der Waals surface area contributed by atoms with Crippen LogP contribution in [-0.2, 0) is 11.3 Å². The summed E-state index contributed by atoms with van der Waals surface area (Å²) in [5.41, 5.74) is 2.98. The second-order valence-electron chi connectivity index (χ2n) is 7.75. The summed E-state index contributed by atoms with van der Waals surface area (Å²) in [5, 5.41) is 11.3. The zero-order valence-electron chi connectivity index (χ0n) is 17.3. The van der Waals surface area contributed by atoms with E-state index in [2.05, 4.69) is 20.5 Å². The Kier molecular flexibility index (Phi) is 5.65. The number of hydrogen-bond donors (Lipinski definition) is 2. The molecule has 3 aromatic rings. The number of aromatic nitrogens is 3. The molecule has 1 aromatic carbocycles. The van der Waals surface area contributed by atoms with Crippen molar-refractivity contribution in [2.24, 2.45) is 0 Å². The normalized spacial score (nSPS) is 14.7. The second-order valence-corrected chi connectivity index (χ2v) is 7.75. The highest BCUT2D eigenvalue weighted by molar-refractivity contribution is 6.06. The molecule has 1 fully saturated rings. The summed E-state index contributed by atoms with van der Waals surface area (Å²) in [6.45, 7) is 3.54. The van der Waals surface area contributed by atoms with Gasteiger partial charge in [-0.25, -0.2) is 4.98 Å². The van der Waals surface area contributed by atoms with E-state index in [0.29, 0.717) is 30.8 Å². The van der Waals surface area contributed by atoms with E-state index in [0.717, 1.165) is 29.5 Å². The first-order valence-electron chi connectivity index (χ1n) is 10.2. The van der Waals surface area contributed by atoms with Crippen LogP contribution < -0.4 is 5.32 Å². The molecule has 0 aliphatic carbocycles. The van der Waals surface area contributed by atoms with Gasteiger partial charge in [0.05, 0.1) is 22.8 Å². The smallest absolute Gasteiger partial charge is 0.257 e. The molecule has 3 heterocycles. The summed E-state index contributed by atoms with van der Waals surface area (Å²) < 4.78 is 0. The average Bonchev–Trinajstić information content (AvgIpc) is 3.24. The summed E-state index contributed by atoms with van der Waals surface area (Å²) in [4.78, 5) is 32.8. The summed E-state index contributed by atoms with van der Waals surface area (Å²) in [7, 11) is 1.80. The molecule has 0 bridgehead atoms. The standard InChI is InChI=1S/C22H26N6O2/c1-15(29)28-10-8-17(9-11-28)25-20-18-13-24-26-21(18)23-12-19(20)22(30)27(2)14-16-6-4-3-5-7-16/h3-7,12-13,17H,8-11,14H2,1-2H3,(H2,23,24,25,26). The lowest BCUT2D eigenvalue weighted by atomic mass is 10.0. The Morgan fingerprint density at radius 3 is 2.63 bits per heavy atom. The number of carbonyl (C=O) groups is 2. The maximum Gasteiger partial charge on any atom is 0.257 e. The lowest BCUT2D eigenvalue weighted by molar-refractivity contribution is -0.129. The van der Waals surface area contributed by atoms with Crippen LogP contribution in [0, 0.1) is 0 Å². The Bertz CT molecular complexity index is 1040. The summed E-state index contributed by atoms with van der Waals surface area (Å²) in [6, 6.07) is 10.1. The first-order valence-corrected chi connectivity index (χ1v) is 10.2. The lowest BCUT2D eigenvalue weighted by Crippen LogP contribution is -2.41. The minimum absolute atomic E-state index is 0.0990. The van der Waals surface area contributed by atoms with Gasteiger partial charge in [0.25, 0.3) is 5.91 Å². The second kappa shape index (κ2) is 8.52. The number of pyridine rings is 1. The van der Waals surface area contributed by atoms with Crippen molar-refractivity contribution in [2.45, 2.75) is 32.4 Å². The van der Waals surface area contributed by atoms with Gasteiger partial charge in [0.1, 0.15) is 0 Å². The van der Waals surface area contributed by atoms with E-state index < -0.39 is 0 Å². The van der Waals surface area contributed by atoms with Crippen LogP contribution in [0.5, 0.6) is 0 Å².